The first kappa shape index (κ1) is 7.72. The first-order chi connectivity index (χ1) is 6.27. The SMILES string of the molecule is Cn1ccc(-n2ccncc2=O)n1. The van der Waals surface area contributed by atoms with Gasteiger partial charge in [-0.2, -0.15) is 5.10 Å². The van der Waals surface area contributed by atoms with Crippen LogP contribution in [0.25, 0.3) is 5.82 Å². The second-order valence-electron chi connectivity index (χ2n) is 2.63. The monoisotopic (exact) mass is 176 g/mol. The van der Waals surface area contributed by atoms with Crippen molar-refractivity contribution in [1.82, 2.24) is 19.3 Å². The molecular weight excluding hydrogens is 168 g/mol. The minimum absolute atomic E-state index is 0.179. The number of hydrogen-bond donors (Lipinski definition) is 0. The van der Waals surface area contributed by atoms with Gasteiger partial charge in [0, 0.05) is 31.7 Å². The maximum absolute atomic E-state index is 11.3. The average molecular weight is 176 g/mol. The summed E-state index contributed by atoms with van der Waals surface area (Å²) in [6.07, 6.45) is 6.18. The van der Waals surface area contributed by atoms with E-state index < -0.39 is 0 Å². The summed E-state index contributed by atoms with van der Waals surface area (Å²) < 4.78 is 3.08. The maximum atomic E-state index is 11.3. The van der Waals surface area contributed by atoms with E-state index in [1.54, 1.807) is 36.4 Å². The molecule has 0 spiro atoms. The van der Waals surface area contributed by atoms with E-state index in [2.05, 4.69) is 10.1 Å². The van der Waals surface area contributed by atoms with Crippen LogP contribution in [0.4, 0.5) is 0 Å². The molecule has 0 aromatic carbocycles. The van der Waals surface area contributed by atoms with Gasteiger partial charge < -0.3 is 0 Å². The van der Waals surface area contributed by atoms with Gasteiger partial charge in [0.25, 0.3) is 5.56 Å². The Morgan fingerprint density at radius 2 is 2.23 bits per heavy atom. The normalized spacial score (nSPS) is 10.2. The highest BCUT2D eigenvalue weighted by Crippen LogP contribution is 1.97. The zero-order chi connectivity index (χ0) is 9.26. The second kappa shape index (κ2) is 2.85. The summed E-state index contributed by atoms with van der Waals surface area (Å²) in [4.78, 5) is 15.0. The lowest BCUT2D eigenvalue weighted by molar-refractivity contribution is 0.745. The van der Waals surface area contributed by atoms with Crippen LogP contribution in [-0.2, 0) is 7.05 Å². The molecule has 5 nitrogen and oxygen atoms in total. The predicted molar refractivity (Wildman–Crippen MR) is 46.6 cm³/mol. The topological polar surface area (TPSA) is 52.7 Å². The van der Waals surface area contributed by atoms with Gasteiger partial charge >= 0.3 is 0 Å². The summed E-state index contributed by atoms with van der Waals surface area (Å²) in [5, 5.41) is 4.09. The van der Waals surface area contributed by atoms with Crippen LogP contribution in [0.5, 0.6) is 0 Å². The van der Waals surface area contributed by atoms with Gasteiger partial charge in [-0.25, -0.2) is 0 Å². The molecule has 2 rings (SSSR count). The molecule has 0 saturated heterocycles. The van der Waals surface area contributed by atoms with E-state index in [0.29, 0.717) is 5.82 Å². The van der Waals surface area contributed by atoms with Gasteiger partial charge in [0.2, 0.25) is 0 Å². The summed E-state index contributed by atoms with van der Waals surface area (Å²) in [6, 6.07) is 1.77. The fourth-order valence-corrected chi connectivity index (χ4v) is 1.07. The summed E-state index contributed by atoms with van der Waals surface area (Å²) in [5.41, 5.74) is -0.179. The van der Waals surface area contributed by atoms with Gasteiger partial charge in [-0.15, -0.1) is 0 Å². The zero-order valence-electron chi connectivity index (χ0n) is 7.08. The third kappa shape index (κ3) is 1.35. The standard InChI is InChI=1S/C8H8N4O/c1-11-4-2-7(10-11)12-5-3-9-6-8(12)13/h2-6H,1H3. The van der Waals surface area contributed by atoms with Gasteiger partial charge in [0.05, 0.1) is 6.20 Å². The van der Waals surface area contributed by atoms with Crippen LogP contribution in [0.3, 0.4) is 0 Å². The minimum atomic E-state index is -0.179. The van der Waals surface area contributed by atoms with Crippen LogP contribution in [0.15, 0.2) is 35.6 Å². The Hall–Kier alpha value is -1.91. The average Bonchev–Trinajstić information content (AvgIpc) is 2.53. The number of aromatic nitrogens is 4. The van der Waals surface area contributed by atoms with Crippen LogP contribution in [-0.4, -0.2) is 19.3 Å². The molecule has 0 amide bonds. The van der Waals surface area contributed by atoms with Crippen LogP contribution in [0.2, 0.25) is 0 Å². The zero-order valence-corrected chi connectivity index (χ0v) is 7.08. The van der Waals surface area contributed by atoms with Crippen molar-refractivity contribution in [3.8, 4) is 5.82 Å². The van der Waals surface area contributed by atoms with E-state index >= 15 is 0 Å². The first-order valence-electron chi connectivity index (χ1n) is 3.80. The minimum Gasteiger partial charge on any atom is -0.274 e. The highest BCUT2D eigenvalue weighted by Gasteiger charge is 2.00. The van der Waals surface area contributed by atoms with Crippen molar-refractivity contribution >= 4 is 0 Å². The van der Waals surface area contributed by atoms with Gasteiger partial charge in [0.1, 0.15) is 0 Å². The third-order valence-electron chi connectivity index (χ3n) is 1.67. The van der Waals surface area contributed by atoms with Crippen LogP contribution in [0.1, 0.15) is 0 Å². The van der Waals surface area contributed by atoms with Crippen molar-refractivity contribution in [2.75, 3.05) is 0 Å². The molecule has 2 aromatic heterocycles. The maximum Gasteiger partial charge on any atom is 0.274 e. The molecule has 0 aliphatic heterocycles. The highest BCUT2D eigenvalue weighted by atomic mass is 16.1. The van der Waals surface area contributed by atoms with E-state index in [4.69, 9.17) is 0 Å². The lowest BCUT2D eigenvalue weighted by Gasteiger charge is -1.97. The summed E-state index contributed by atoms with van der Waals surface area (Å²) in [7, 11) is 1.80. The Morgan fingerprint density at radius 3 is 2.85 bits per heavy atom. The summed E-state index contributed by atoms with van der Waals surface area (Å²) in [6.45, 7) is 0. The van der Waals surface area contributed by atoms with Crippen molar-refractivity contribution in [3.05, 3.63) is 41.2 Å². The van der Waals surface area contributed by atoms with Crippen molar-refractivity contribution in [2.24, 2.45) is 7.05 Å². The third-order valence-corrected chi connectivity index (χ3v) is 1.67. The van der Waals surface area contributed by atoms with Crippen LogP contribution in [0, 0.1) is 0 Å². The molecule has 5 heteroatoms. The molecule has 0 unspecified atom stereocenters. The molecular formula is C8H8N4O. The summed E-state index contributed by atoms with van der Waals surface area (Å²) in [5.74, 6) is 0.606. The van der Waals surface area contributed by atoms with Crippen LogP contribution < -0.4 is 5.56 Å². The Balaban J connectivity index is 2.59. The molecule has 0 bridgehead atoms. The molecule has 0 aliphatic carbocycles. The van der Waals surface area contributed by atoms with Gasteiger partial charge in [0.15, 0.2) is 5.82 Å². The molecule has 0 atom stereocenters. The van der Waals surface area contributed by atoms with Crippen molar-refractivity contribution in [1.29, 1.82) is 0 Å². The van der Waals surface area contributed by atoms with Gasteiger partial charge in [-0.1, -0.05) is 0 Å². The van der Waals surface area contributed by atoms with Gasteiger partial charge in [-0.3, -0.25) is 19.0 Å². The molecule has 13 heavy (non-hydrogen) atoms. The number of rotatable bonds is 1. The number of aryl methyl sites for hydroxylation is 1. The quantitative estimate of drug-likeness (QED) is 0.613. The van der Waals surface area contributed by atoms with E-state index in [9.17, 15) is 4.79 Å². The molecule has 0 radical (unpaired) electrons. The summed E-state index contributed by atoms with van der Waals surface area (Å²) >= 11 is 0. The Kier molecular flexibility index (Phi) is 1.70. The van der Waals surface area contributed by atoms with E-state index in [1.165, 1.54) is 10.8 Å². The van der Waals surface area contributed by atoms with Crippen molar-refractivity contribution in [3.63, 3.8) is 0 Å². The number of nitrogens with zero attached hydrogens (tertiary/aromatic N) is 4. The molecule has 0 N–H and O–H groups in total. The molecule has 66 valence electrons. The molecule has 0 saturated carbocycles. The number of hydrogen-bond acceptors (Lipinski definition) is 3. The van der Waals surface area contributed by atoms with Crippen LogP contribution >= 0.6 is 0 Å². The second-order valence-corrected chi connectivity index (χ2v) is 2.63. The fraction of sp³-hybridized carbons (Fsp3) is 0.125. The van der Waals surface area contributed by atoms with E-state index in [0.717, 1.165) is 0 Å². The fourth-order valence-electron chi connectivity index (χ4n) is 1.07. The molecule has 0 aliphatic rings. The Bertz CT molecular complexity index is 471. The van der Waals surface area contributed by atoms with Crippen molar-refractivity contribution < 1.29 is 0 Å². The first-order valence-corrected chi connectivity index (χ1v) is 3.80. The van der Waals surface area contributed by atoms with E-state index in [-0.39, 0.29) is 5.56 Å². The van der Waals surface area contributed by atoms with Gasteiger partial charge in [-0.05, 0) is 0 Å². The highest BCUT2D eigenvalue weighted by molar-refractivity contribution is 5.19. The predicted octanol–water partition coefficient (Wildman–Crippen LogP) is -0.0340. The van der Waals surface area contributed by atoms with Crippen molar-refractivity contribution in [2.45, 2.75) is 0 Å². The molecule has 2 aromatic rings. The van der Waals surface area contributed by atoms with E-state index in [1.807, 2.05) is 0 Å². The Labute approximate surface area is 74.3 Å². The Morgan fingerprint density at radius 1 is 1.38 bits per heavy atom. The lowest BCUT2D eigenvalue weighted by atomic mass is 10.6. The lowest BCUT2D eigenvalue weighted by Crippen LogP contribution is -2.17. The molecule has 2 heterocycles. The largest absolute Gasteiger partial charge is 0.274 e. The molecule has 0 fully saturated rings. The smallest absolute Gasteiger partial charge is 0.274 e.